The normalized spacial score (nSPS) is 19.9. The van der Waals surface area contributed by atoms with E-state index in [1.165, 1.54) is 18.7 Å². The summed E-state index contributed by atoms with van der Waals surface area (Å²) in [6, 6.07) is 1.94. The first-order valence-electron chi connectivity index (χ1n) is 6.29. The Labute approximate surface area is 112 Å². The van der Waals surface area contributed by atoms with Crippen LogP contribution in [0.2, 0.25) is 5.02 Å². The molecule has 1 N–H and O–H groups in total. The monoisotopic (exact) mass is 268 g/mol. The topological polar surface area (TPSA) is 53.4 Å². The molecule has 1 fully saturated rings. The lowest BCUT2D eigenvalue weighted by atomic mass is 10.00. The van der Waals surface area contributed by atoms with Crippen LogP contribution in [0.3, 0.4) is 0 Å². The van der Waals surface area contributed by atoms with E-state index < -0.39 is 5.97 Å². The lowest BCUT2D eigenvalue weighted by Gasteiger charge is -2.36. The summed E-state index contributed by atoms with van der Waals surface area (Å²) in [6.45, 7) is 3.10. The Balaban J connectivity index is 2.29. The van der Waals surface area contributed by atoms with Crippen molar-refractivity contribution in [3.8, 4) is 0 Å². The fraction of sp³-hybridized carbons (Fsp3) is 0.538. The number of aromatic nitrogens is 1. The largest absolute Gasteiger partial charge is 0.478 e. The zero-order valence-electron chi connectivity index (χ0n) is 10.4. The van der Waals surface area contributed by atoms with E-state index in [4.69, 9.17) is 16.7 Å². The van der Waals surface area contributed by atoms with Gasteiger partial charge in [-0.1, -0.05) is 18.5 Å². The number of hydrogen-bond donors (Lipinski definition) is 1. The molecular formula is C13H17ClN2O2. The third kappa shape index (κ3) is 2.58. The highest BCUT2D eigenvalue weighted by Crippen LogP contribution is 2.30. The molecule has 2 rings (SSSR count). The molecule has 0 aromatic carbocycles. The number of nitrogens with zero attached hydrogens (tertiary/aromatic N) is 2. The van der Waals surface area contributed by atoms with Crippen LogP contribution in [0.15, 0.2) is 12.3 Å². The quantitative estimate of drug-likeness (QED) is 0.915. The predicted octanol–water partition coefficient (Wildman–Crippen LogP) is 3.20. The van der Waals surface area contributed by atoms with Crippen LogP contribution < -0.4 is 4.90 Å². The van der Waals surface area contributed by atoms with Crippen molar-refractivity contribution in [3.63, 3.8) is 0 Å². The Hall–Kier alpha value is -1.29. The van der Waals surface area contributed by atoms with Crippen LogP contribution in [-0.2, 0) is 0 Å². The Morgan fingerprint density at radius 3 is 3.00 bits per heavy atom. The van der Waals surface area contributed by atoms with E-state index in [1.54, 1.807) is 0 Å². The maximum absolute atomic E-state index is 10.8. The number of carbonyl (C=O) groups is 1. The molecule has 0 amide bonds. The number of hydrogen-bond acceptors (Lipinski definition) is 3. The average Bonchev–Trinajstić information content (AvgIpc) is 2.38. The number of carboxylic acids is 1. The van der Waals surface area contributed by atoms with Gasteiger partial charge >= 0.3 is 5.97 Å². The fourth-order valence-corrected chi connectivity index (χ4v) is 2.74. The van der Waals surface area contributed by atoms with Crippen LogP contribution in [0, 0.1) is 0 Å². The average molecular weight is 269 g/mol. The third-order valence-electron chi connectivity index (χ3n) is 3.44. The molecule has 2 heterocycles. The molecule has 1 aliphatic heterocycles. The smallest absolute Gasteiger partial charge is 0.337 e. The molecule has 4 nitrogen and oxygen atoms in total. The summed E-state index contributed by atoms with van der Waals surface area (Å²) in [5, 5.41) is 9.32. The van der Waals surface area contributed by atoms with Gasteiger partial charge in [-0.25, -0.2) is 9.78 Å². The molecule has 1 atom stereocenters. The second-order valence-electron chi connectivity index (χ2n) is 4.59. The predicted molar refractivity (Wildman–Crippen MR) is 71.5 cm³/mol. The van der Waals surface area contributed by atoms with Crippen molar-refractivity contribution in [3.05, 3.63) is 22.8 Å². The van der Waals surface area contributed by atoms with E-state index in [9.17, 15) is 4.79 Å². The van der Waals surface area contributed by atoms with Crippen molar-refractivity contribution < 1.29 is 9.90 Å². The van der Waals surface area contributed by atoms with E-state index >= 15 is 0 Å². The lowest BCUT2D eigenvalue weighted by Crippen LogP contribution is -2.39. The molecule has 18 heavy (non-hydrogen) atoms. The minimum Gasteiger partial charge on any atom is -0.478 e. The first-order chi connectivity index (χ1) is 8.63. The maximum atomic E-state index is 10.8. The number of rotatable bonds is 3. The van der Waals surface area contributed by atoms with Gasteiger partial charge in [0.25, 0.3) is 0 Å². The number of halogens is 1. The van der Waals surface area contributed by atoms with Gasteiger partial charge in [-0.05, 0) is 31.7 Å². The fourth-order valence-electron chi connectivity index (χ4n) is 2.46. The zero-order valence-corrected chi connectivity index (χ0v) is 11.2. The molecular weight excluding hydrogens is 252 g/mol. The summed E-state index contributed by atoms with van der Waals surface area (Å²) in [6.07, 6.45) is 5.95. The molecule has 0 radical (unpaired) electrons. The van der Waals surface area contributed by atoms with Crippen molar-refractivity contribution >= 4 is 23.4 Å². The third-order valence-corrected chi connectivity index (χ3v) is 3.72. The number of piperidine rings is 1. The molecule has 1 aliphatic rings. The van der Waals surface area contributed by atoms with Crippen molar-refractivity contribution in [2.75, 3.05) is 11.4 Å². The summed E-state index contributed by atoms with van der Waals surface area (Å²) < 4.78 is 0. The highest BCUT2D eigenvalue weighted by atomic mass is 35.5. The molecule has 0 saturated carbocycles. The molecule has 0 aliphatic carbocycles. The number of aromatic carboxylic acids is 1. The number of pyridine rings is 1. The molecule has 98 valence electrons. The lowest BCUT2D eigenvalue weighted by molar-refractivity contribution is 0.0696. The van der Waals surface area contributed by atoms with Gasteiger partial charge in [0.2, 0.25) is 0 Å². The first kappa shape index (κ1) is 13.1. The Morgan fingerprint density at radius 2 is 2.39 bits per heavy atom. The summed E-state index contributed by atoms with van der Waals surface area (Å²) >= 11 is 6.16. The molecule has 1 saturated heterocycles. The summed E-state index contributed by atoms with van der Waals surface area (Å²) in [5.41, 5.74) is 0.133. The minimum atomic E-state index is -0.998. The van der Waals surface area contributed by atoms with E-state index in [0.29, 0.717) is 16.9 Å². The van der Waals surface area contributed by atoms with Gasteiger partial charge in [-0.3, -0.25) is 0 Å². The van der Waals surface area contributed by atoms with Gasteiger partial charge in [0.05, 0.1) is 10.6 Å². The van der Waals surface area contributed by atoms with Crippen LogP contribution in [0.4, 0.5) is 5.82 Å². The van der Waals surface area contributed by atoms with E-state index in [-0.39, 0.29) is 5.56 Å². The Morgan fingerprint density at radius 1 is 1.61 bits per heavy atom. The van der Waals surface area contributed by atoms with Gasteiger partial charge in [-0.2, -0.15) is 0 Å². The first-order valence-corrected chi connectivity index (χ1v) is 6.66. The van der Waals surface area contributed by atoms with Crippen molar-refractivity contribution in [2.24, 2.45) is 0 Å². The van der Waals surface area contributed by atoms with E-state index in [0.717, 1.165) is 25.8 Å². The van der Waals surface area contributed by atoms with Crippen LogP contribution in [-0.4, -0.2) is 28.6 Å². The number of anilines is 1. The summed E-state index contributed by atoms with van der Waals surface area (Å²) in [5.74, 6) is -0.283. The molecule has 1 aromatic heterocycles. The van der Waals surface area contributed by atoms with E-state index in [2.05, 4.69) is 16.8 Å². The summed E-state index contributed by atoms with van der Waals surface area (Å²) in [7, 11) is 0. The van der Waals surface area contributed by atoms with Crippen molar-refractivity contribution in [1.82, 2.24) is 4.98 Å². The highest BCUT2D eigenvalue weighted by molar-refractivity contribution is 6.33. The Kier molecular flexibility index (Phi) is 4.07. The van der Waals surface area contributed by atoms with Gasteiger partial charge in [0.1, 0.15) is 5.82 Å². The van der Waals surface area contributed by atoms with Gasteiger partial charge < -0.3 is 10.0 Å². The molecule has 0 bridgehead atoms. The van der Waals surface area contributed by atoms with Crippen molar-refractivity contribution in [1.29, 1.82) is 0 Å². The zero-order chi connectivity index (χ0) is 13.1. The molecule has 0 spiro atoms. The maximum Gasteiger partial charge on any atom is 0.337 e. The van der Waals surface area contributed by atoms with Gasteiger partial charge in [0, 0.05) is 18.8 Å². The van der Waals surface area contributed by atoms with Crippen LogP contribution in [0.5, 0.6) is 0 Å². The number of carboxylic acid groups (broad SMARTS) is 1. The second kappa shape index (κ2) is 5.57. The van der Waals surface area contributed by atoms with Crippen molar-refractivity contribution in [2.45, 2.75) is 38.6 Å². The van der Waals surface area contributed by atoms with Gasteiger partial charge in [0.15, 0.2) is 0 Å². The van der Waals surface area contributed by atoms with Gasteiger partial charge in [-0.15, -0.1) is 0 Å². The highest BCUT2D eigenvalue weighted by Gasteiger charge is 2.24. The van der Waals surface area contributed by atoms with E-state index in [1.807, 2.05) is 0 Å². The summed E-state index contributed by atoms with van der Waals surface area (Å²) in [4.78, 5) is 17.3. The second-order valence-corrected chi connectivity index (χ2v) is 4.99. The van der Waals surface area contributed by atoms with Crippen LogP contribution in [0.25, 0.3) is 0 Å². The molecule has 1 aromatic rings. The van der Waals surface area contributed by atoms with Crippen LogP contribution in [0.1, 0.15) is 43.0 Å². The Bertz CT molecular complexity index is 451. The minimum absolute atomic E-state index is 0.133. The SMILES string of the molecule is CCC1CCCCN1c1ncc(C(=O)O)cc1Cl. The standard InChI is InChI=1S/C13H17ClN2O2/c1-2-10-5-3-4-6-16(10)12-11(14)7-9(8-15-12)13(17)18/h7-8,10H,2-6H2,1H3,(H,17,18). The molecule has 1 unspecified atom stereocenters. The molecule has 5 heteroatoms. The van der Waals surface area contributed by atoms with Crippen LogP contribution >= 0.6 is 11.6 Å².